The van der Waals surface area contributed by atoms with Gasteiger partial charge in [0.1, 0.15) is 5.82 Å². The molecular weight excluding hydrogens is 241 g/mol. The predicted octanol–water partition coefficient (Wildman–Crippen LogP) is 3.20. The molecule has 5 heteroatoms. The Bertz CT molecular complexity index is 525. The number of carbonyl (C=O) groups is 1. The van der Waals surface area contributed by atoms with E-state index in [2.05, 4.69) is 5.32 Å². The molecule has 0 amide bonds. The SMILES string of the molecule is O=C(O)c1ccc(F)c(CNc2ccsc2)c1. The third-order valence-corrected chi connectivity index (χ3v) is 2.98. The van der Waals surface area contributed by atoms with Crippen molar-refractivity contribution in [3.63, 3.8) is 0 Å². The summed E-state index contributed by atoms with van der Waals surface area (Å²) in [4.78, 5) is 10.8. The van der Waals surface area contributed by atoms with Crippen LogP contribution in [0, 0.1) is 5.82 Å². The van der Waals surface area contributed by atoms with Gasteiger partial charge in [-0.1, -0.05) is 0 Å². The van der Waals surface area contributed by atoms with Crippen LogP contribution < -0.4 is 5.32 Å². The largest absolute Gasteiger partial charge is 0.478 e. The Balaban J connectivity index is 2.14. The average Bonchev–Trinajstić information content (AvgIpc) is 2.80. The Morgan fingerprint density at radius 3 is 2.88 bits per heavy atom. The zero-order valence-electron chi connectivity index (χ0n) is 8.81. The maximum absolute atomic E-state index is 13.4. The molecule has 2 aromatic rings. The fraction of sp³-hybridized carbons (Fsp3) is 0.0833. The van der Waals surface area contributed by atoms with E-state index in [-0.39, 0.29) is 12.1 Å². The summed E-state index contributed by atoms with van der Waals surface area (Å²) >= 11 is 1.54. The minimum Gasteiger partial charge on any atom is -0.478 e. The van der Waals surface area contributed by atoms with Crippen molar-refractivity contribution in [3.8, 4) is 0 Å². The highest BCUT2D eigenvalue weighted by Gasteiger charge is 2.08. The molecule has 0 unspecified atom stereocenters. The van der Waals surface area contributed by atoms with Gasteiger partial charge in [0.15, 0.2) is 0 Å². The van der Waals surface area contributed by atoms with E-state index in [1.54, 1.807) is 0 Å². The summed E-state index contributed by atoms with van der Waals surface area (Å²) in [6, 6.07) is 5.65. The molecule has 0 atom stereocenters. The molecule has 0 fully saturated rings. The molecule has 0 bridgehead atoms. The van der Waals surface area contributed by atoms with Crippen LogP contribution in [0.3, 0.4) is 0 Å². The van der Waals surface area contributed by atoms with E-state index >= 15 is 0 Å². The van der Waals surface area contributed by atoms with Crippen LogP contribution in [0.25, 0.3) is 0 Å². The van der Waals surface area contributed by atoms with Crippen molar-refractivity contribution >= 4 is 23.0 Å². The van der Waals surface area contributed by atoms with Crippen LogP contribution in [0.2, 0.25) is 0 Å². The van der Waals surface area contributed by atoms with Crippen molar-refractivity contribution < 1.29 is 14.3 Å². The first-order valence-corrected chi connectivity index (χ1v) is 5.89. The topological polar surface area (TPSA) is 49.3 Å². The second-order valence-corrected chi connectivity index (χ2v) is 4.26. The normalized spacial score (nSPS) is 10.2. The molecule has 3 nitrogen and oxygen atoms in total. The first-order valence-electron chi connectivity index (χ1n) is 4.94. The summed E-state index contributed by atoms with van der Waals surface area (Å²) in [6.07, 6.45) is 0. The predicted molar refractivity (Wildman–Crippen MR) is 65.0 cm³/mol. The fourth-order valence-corrected chi connectivity index (χ4v) is 2.02. The van der Waals surface area contributed by atoms with Crippen LogP contribution in [-0.2, 0) is 6.54 Å². The van der Waals surface area contributed by atoms with Crippen LogP contribution in [0.4, 0.5) is 10.1 Å². The molecule has 1 heterocycles. The van der Waals surface area contributed by atoms with Crippen molar-refractivity contribution in [2.75, 3.05) is 5.32 Å². The molecule has 2 N–H and O–H groups in total. The van der Waals surface area contributed by atoms with Crippen LogP contribution in [0.15, 0.2) is 35.0 Å². The molecule has 1 aromatic heterocycles. The number of anilines is 1. The van der Waals surface area contributed by atoms with Gasteiger partial charge in [0.05, 0.1) is 5.56 Å². The molecule has 0 saturated heterocycles. The second kappa shape index (κ2) is 4.97. The van der Waals surface area contributed by atoms with E-state index in [0.29, 0.717) is 5.56 Å². The summed E-state index contributed by atoms with van der Waals surface area (Å²) in [6.45, 7) is 0.268. The number of nitrogens with one attached hydrogen (secondary N) is 1. The Hall–Kier alpha value is -1.88. The van der Waals surface area contributed by atoms with Gasteiger partial charge in [-0.05, 0) is 29.6 Å². The van der Waals surface area contributed by atoms with Gasteiger partial charge in [-0.3, -0.25) is 0 Å². The van der Waals surface area contributed by atoms with Crippen molar-refractivity contribution in [1.82, 2.24) is 0 Å². The molecular formula is C12H10FNO2S. The molecule has 0 aliphatic carbocycles. The average molecular weight is 251 g/mol. The molecule has 0 aliphatic heterocycles. The van der Waals surface area contributed by atoms with Gasteiger partial charge in [0.2, 0.25) is 0 Å². The number of hydrogen-bond donors (Lipinski definition) is 2. The van der Waals surface area contributed by atoms with Gasteiger partial charge in [-0.25, -0.2) is 9.18 Å². The fourth-order valence-electron chi connectivity index (χ4n) is 1.41. The highest BCUT2D eigenvalue weighted by atomic mass is 32.1. The zero-order valence-corrected chi connectivity index (χ0v) is 9.63. The number of thiophene rings is 1. The van der Waals surface area contributed by atoms with Crippen molar-refractivity contribution in [1.29, 1.82) is 0 Å². The Morgan fingerprint density at radius 2 is 2.24 bits per heavy atom. The van der Waals surface area contributed by atoms with Crippen LogP contribution in [0.5, 0.6) is 0 Å². The van der Waals surface area contributed by atoms with E-state index in [1.165, 1.54) is 29.5 Å². The van der Waals surface area contributed by atoms with Gasteiger partial charge < -0.3 is 10.4 Å². The highest BCUT2D eigenvalue weighted by molar-refractivity contribution is 7.08. The third-order valence-electron chi connectivity index (χ3n) is 2.30. The first-order chi connectivity index (χ1) is 8.16. The summed E-state index contributed by atoms with van der Waals surface area (Å²) in [7, 11) is 0. The monoisotopic (exact) mass is 251 g/mol. The lowest BCUT2D eigenvalue weighted by molar-refractivity contribution is 0.0696. The van der Waals surface area contributed by atoms with Crippen molar-refractivity contribution in [2.45, 2.75) is 6.54 Å². The minimum absolute atomic E-state index is 0.0912. The molecule has 17 heavy (non-hydrogen) atoms. The molecule has 0 radical (unpaired) electrons. The number of benzene rings is 1. The van der Waals surface area contributed by atoms with Crippen molar-refractivity contribution in [3.05, 3.63) is 52.0 Å². The summed E-state index contributed by atoms with van der Waals surface area (Å²) in [5.41, 5.74) is 1.33. The standard InChI is InChI=1S/C12H10FNO2S/c13-11-2-1-8(12(15)16)5-9(11)6-14-10-3-4-17-7-10/h1-5,7,14H,6H2,(H,15,16). The lowest BCUT2D eigenvalue weighted by Crippen LogP contribution is -2.04. The molecule has 0 spiro atoms. The Labute approximate surface area is 102 Å². The van der Waals surface area contributed by atoms with Gasteiger partial charge in [0.25, 0.3) is 0 Å². The minimum atomic E-state index is -1.05. The van der Waals surface area contributed by atoms with Crippen LogP contribution in [-0.4, -0.2) is 11.1 Å². The number of rotatable bonds is 4. The maximum Gasteiger partial charge on any atom is 0.335 e. The van der Waals surface area contributed by atoms with E-state index in [1.807, 2.05) is 16.8 Å². The van der Waals surface area contributed by atoms with Crippen LogP contribution >= 0.6 is 11.3 Å². The van der Waals surface area contributed by atoms with Gasteiger partial charge in [0, 0.05) is 23.2 Å². The third kappa shape index (κ3) is 2.82. The number of halogens is 1. The number of hydrogen-bond acceptors (Lipinski definition) is 3. The second-order valence-electron chi connectivity index (χ2n) is 3.48. The van der Waals surface area contributed by atoms with E-state index < -0.39 is 11.8 Å². The molecule has 88 valence electrons. The van der Waals surface area contributed by atoms with E-state index in [4.69, 9.17) is 5.11 Å². The summed E-state index contributed by atoms with van der Waals surface area (Å²) < 4.78 is 13.4. The number of carboxylic acids is 1. The quantitative estimate of drug-likeness (QED) is 0.877. The maximum atomic E-state index is 13.4. The summed E-state index contributed by atoms with van der Waals surface area (Å²) in [5, 5.41) is 15.6. The van der Waals surface area contributed by atoms with E-state index in [0.717, 1.165) is 5.69 Å². The molecule has 2 rings (SSSR count). The Morgan fingerprint density at radius 1 is 1.41 bits per heavy atom. The lowest BCUT2D eigenvalue weighted by atomic mass is 10.1. The Kier molecular flexibility index (Phi) is 3.39. The van der Waals surface area contributed by atoms with Gasteiger partial charge in [-0.15, -0.1) is 0 Å². The van der Waals surface area contributed by atoms with Gasteiger partial charge >= 0.3 is 5.97 Å². The highest BCUT2D eigenvalue weighted by Crippen LogP contribution is 2.16. The number of carboxylic acid groups (broad SMARTS) is 1. The van der Waals surface area contributed by atoms with Crippen molar-refractivity contribution in [2.24, 2.45) is 0 Å². The smallest absolute Gasteiger partial charge is 0.335 e. The first kappa shape index (κ1) is 11.6. The molecule has 0 aliphatic rings. The van der Waals surface area contributed by atoms with E-state index in [9.17, 15) is 9.18 Å². The van der Waals surface area contributed by atoms with Crippen LogP contribution in [0.1, 0.15) is 15.9 Å². The number of aromatic carboxylic acids is 1. The van der Waals surface area contributed by atoms with Gasteiger partial charge in [-0.2, -0.15) is 11.3 Å². The zero-order chi connectivity index (χ0) is 12.3. The molecule has 1 aromatic carbocycles. The lowest BCUT2D eigenvalue weighted by Gasteiger charge is -2.06. The summed E-state index contributed by atoms with van der Waals surface area (Å²) in [5.74, 6) is -1.46. The molecule has 0 saturated carbocycles.